The fourth-order valence-corrected chi connectivity index (χ4v) is 2.64. The predicted octanol–water partition coefficient (Wildman–Crippen LogP) is 4.03. The number of hydrogen-bond donors (Lipinski definition) is 0. The summed E-state index contributed by atoms with van der Waals surface area (Å²) in [5.74, 6) is 0.980. The summed E-state index contributed by atoms with van der Waals surface area (Å²) < 4.78 is 0.964. The van der Waals surface area contributed by atoms with Crippen molar-refractivity contribution in [3.8, 4) is 0 Å². The van der Waals surface area contributed by atoms with Crippen LogP contribution in [0.2, 0.25) is 0 Å². The van der Waals surface area contributed by atoms with Crippen molar-refractivity contribution in [3.63, 3.8) is 0 Å². The van der Waals surface area contributed by atoms with Crippen molar-refractivity contribution >= 4 is 22.6 Å². The maximum atomic E-state index is 2.59. The molecule has 0 atom stereocenters. The fourth-order valence-electron chi connectivity index (χ4n) is 1.92. The number of rotatable bonds is 0. The number of halogens is 1. The SMILES string of the molecule is CC(C)(C)[C@H]1CC[C@H](I)CC1. The lowest BCUT2D eigenvalue weighted by molar-refractivity contribution is 0.184. The van der Waals surface area contributed by atoms with Gasteiger partial charge < -0.3 is 0 Å². The first-order valence-corrected chi connectivity index (χ1v) is 5.89. The van der Waals surface area contributed by atoms with Crippen LogP contribution in [0.4, 0.5) is 0 Å². The van der Waals surface area contributed by atoms with E-state index in [1.807, 2.05) is 0 Å². The van der Waals surface area contributed by atoms with Crippen molar-refractivity contribution in [2.24, 2.45) is 11.3 Å². The van der Waals surface area contributed by atoms with E-state index in [2.05, 4.69) is 43.4 Å². The van der Waals surface area contributed by atoms with Crippen LogP contribution in [-0.4, -0.2) is 3.92 Å². The zero-order chi connectivity index (χ0) is 8.48. The van der Waals surface area contributed by atoms with Gasteiger partial charge in [-0.25, -0.2) is 0 Å². The summed E-state index contributed by atoms with van der Waals surface area (Å²) in [5.41, 5.74) is 0.552. The van der Waals surface area contributed by atoms with E-state index in [9.17, 15) is 0 Å². The molecule has 0 aromatic rings. The van der Waals surface area contributed by atoms with Gasteiger partial charge in [-0.3, -0.25) is 0 Å². The molecular weight excluding hydrogens is 247 g/mol. The quantitative estimate of drug-likeness (QED) is 0.458. The van der Waals surface area contributed by atoms with Crippen molar-refractivity contribution in [1.29, 1.82) is 0 Å². The summed E-state index contributed by atoms with van der Waals surface area (Å²) in [7, 11) is 0. The molecule has 0 bridgehead atoms. The van der Waals surface area contributed by atoms with Crippen LogP contribution in [0.25, 0.3) is 0 Å². The van der Waals surface area contributed by atoms with Crippen molar-refractivity contribution in [1.82, 2.24) is 0 Å². The number of hydrogen-bond acceptors (Lipinski definition) is 0. The first kappa shape index (κ1) is 9.82. The van der Waals surface area contributed by atoms with Gasteiger partial charge in [-0.15, -0.1) is 0 Å². The maximum Gasteiger partial charge on any atom is 0.0110 e. The average Bonchev–Trinajstić information content (AvgIpc) is 1.86. The van der Waals surface area contributed by atoms with Crippen molar-refractivity contribution in [2.75, 3.05) is 0 Å². The fraction of sp³-hybridized carbons (Fsp3) is 1.00. The molecule has 0 aromatic heterocycles. The average molecular weight is 266 g/mol. The Hall–Kier alpha value is 0.730. The molecule has 0 spiro atoms. The molecule has 11 heavy (non-hydrogen) atoms. The summed E-state index contributed by atoms with van der Waals surface area (Å²) in [6.45, 7) is 7.14. The van der Waals surface area contributed by atoms with Gasteiger partial charge in [-0.1, -0.05) is 43.4 Å². The van der Waals surface area contributed by atoms with Gasteiger partial charge in [0.25, 0.3) is 0 Å². The molecular formula is C10H19I. The minimum Gasteiger partial charge on any atom is -0.0826 e. The molecule has 0 aromatic carbocycles. The van der Waals surface area contributed by atoms with E-state index >= 15 is 0 Å². The van der Waals surface area contributed by atoms with Crippen LogP contribution in [0.5, 0.6) is 0 Å². The standard InChI is InChI=1S/C10H19I/c1-10(2,3)8-4-6-9(11)7-5-8/h8-9H,4-7H2,1-3H3/t8-,9-. The van der Waals surface area contributed by atoms with Gasteiger partial charge in [0.1, 0.15) is 0 Å². The molecule has 0 amide bonds. The molecule has 1 rings (SSSR count). The Labute approximate surface area is 84.3 Å². The van der Waals surface area contributed by atoms with E-state index in [1.165, 1.54) is 25.7 Å². The first-order chi connectivity index (χ1) is 5.00. The van der Waals surface area contributed by atoms with Crippen LogP contribution >= 0.6 is 22.6 Å². The third-order valence-electron chi connectivity index (χ3n) is 2.88. The van der Waals surface area contributed by atoms with E-state index in [0.29, 0.717) is 5.41 Å². The Kier molecular flexibility index (Phi) is 3.24. The Bertz CT molecular complexity index is 115. The van der Waals surface area contributed by atoms with Gasteiger partial charge in [0.05, 0.1) is 0 Å². The molecule has 0 nitrogen and oxygen atoms in total. The maximum absolute atomic E-state index is 2.59. The lowest BCUT2D eigenvalue weighted by Gasteiger charge is -2.35. The molecule has 0 unspecified atom stereocenters. The van der Waals surface area contributed by atoms with E-state index in [4.69, 9.17) is 0 Å². The predicted molar refractivity (Wildman–Crippen MR) is 59.2 cm³/mol. The van der Waals surface area contributed by atoms with Gasteiger partial charge in [-0.2, -0.15) is 0 Å². The molecule has 1 aliphatic carbocycles. The topological polar surface area (TPSA) is 0 Å². The highest BCUT2D eigenvalue weighted by atomic mass is 127. The largest absolute Gasteiger partial charge is 0.0826 e. The zero-order valence-corrected chi connectivity index (χ0v) is 10.0. The van der Waals surface area contributed by atoms with Crippen molar-refractivity contribution < 1.29 is 0 Å². The molecule has 0 saturated heterocycles. The molecule has 0 N–H and O–H groups in total. The molecule has 0 aliphatic heterocycles. The van der Waals surface area contributed by atoms with Crippen molar-refractivity contribution in [3.05, 3.63) is 0 Å². The van der Waals surface area contributed by atoms with Crippen LogP contribution in [-0.2, 0) is 0 Å². The smallest absolute Gasteiger partial charge is 0.0110 e. The summed E-state index contributed by atoms with van der Waals surface area (Å²) in [6, 6.07) is 0. The molecule has 0 radical (unpaired) electrons. The first-order valence-electron chi connectivity index (χ1n) is 4.64. The third kappa shape index (κ3) is 2.92. The second-order valence-corrected chi connectivity index (χ2v) is 6.58. The summed E-state index contributed by atoms with van der Waals surface area (Å²) >= 11 is 2.59. The monoisotopic (exact) mass is 266 g/mol. The Balaban J connectivity index is 2.39. The highest BCUT2D eigenvalue weighted by Crippen LogP contribution is 2.39. The summed E-state index contributed by atoms with van der Waals surface area (Å²) in [5, 5.41) is 0. The van der Waals surface area contributed by atoms with Crippen LogP contribution in [0.1, 0.15) is 46.5 Å². The van der Waals surface area contributed by atoms with Gasteiger partial charge in [-0.05, 0) is 37.0 Å². The van der Waals surface area contributed by atoms with E-state index < -0.39 is 0 Å². The van der Waals surface area contributed by atoms with Crippen molar-refractivity contribution in [2.45, 2.75) is 50.4 Å². The normalized spacial score (nSPS) is 33.8. The van der Waals surface area contributed by atoms with Crippen LogP contribution in [0.3, 0.4) is 0 Å². The van der Waals surface area contributed by atoms with Gasteiger partial charge in [0.2, 0.25) is 0 Å². The highest BCUT2D eigenvalue weighted by molar-refractivity contribution is 14.1. The Morgan fingerprint density at radius 2 is 1.45 bits per heavy atom. The molecule has 1 heteroatoms. The van der Waals surface area contributed by atoms with Crippen LogP contribution in [0.15, 0.2) is 0 Å². The van der Waals surface area contributed by atoms with Gasteiger partial charge >= 0.3 is 0 Å². The van der Waals surface area contributed by atoms with Gasteiger partial charge in [0, 0.05) is 3.92 Å². The summed E-state index contributed by atoms with van der Waals surface area (Å²) in [6.07, 6.45) is 5.80. The minimum absolute atomic E-state index is 0.552. The molecule has 1 saturated carbocycles. The van der Waals surface area contributed by atoms with E-state index in [0.717, 1.165) is 9.84 Å². The summed E-state index contributed by atoms with van der Waals surface area (Å²) in [4.78, 5) is 0. The molecule has 1 aliphatic rings. The Morgan fingerprint density at radius 3 is 1.82 bits per heavy atom. The molecule has 66 valence electrons. The second-order valence-electron chi connectivity index (χ2n) is 4.81. The zero-order valence-electron chi connectivity index (χ0n) is 7.86. The Morgan fingerprint density at radius 1 is 1.00 bits per heavy atom. The molecule has 1 fully saturated rings. The second kappa shape index (κ2) is 3.63. The van der Waals surface area contributed by atoms with E-state index in [-0.39, 0.29) is 0 Å². The minimum atomic E-state index is 0.552. The van der Waals surface area contributed by atoms with Crippen LogP contribution < -0.4 is 0 Å². The lowest BCUT2D eigenvalue weighted by Crippen LogP contribution is -2.25. The molecule has 0 heterocycles. The highest BCUT2D eigenvalue weighted by Gasteiger charge is 2.28. The third-order valence-corrected chi connectivity index (χ3v) is 4.13. The van der Waals surface area contributed by atoms with Crippen LogP contribution in [0, 0.1) is 11.3 Å². The lowest BCUT2D eigenvalue weighted by atomic mass is 9.72. The van der Waals surface area contributed by atoms with Gasteiger partial charge in [0.15, 0.2) is 0 Å². The number of alkyl halides is 1. The van der Waals surface area contributed by atoms with E-state index in [1.54, 1.807) is 0 Å².